The first-order valence-corrected chi connectivity index (χ1v) is 12.6. The maximum absolute atomic E-state index is 5.70. The second kappa shape index (κ2) is 12.0. The number of ether oxygens (including phenoxy) is 1. The third-order valence-electron chi connectivity index (χ3n) is 7.10. The van der Waals surface area contributed by atoms with Crippen LogP contribution in [0.1, 0.15) is 120 Å². The standard InChI is InChI=1S/C30H48O/c1-22(2)12-9-16-25(5)28-20-19-26(6)27(28)17-11-15-23(3)13-10-14-24(4)18-21-29-30(7,8)31-29/h12,14-15,29H,9-11,13,16-21H2,1-8H3/t29-/m0/s1. The Kier molecular flexibility index (Phi) is 10.1. The van der Waals surface area contributed by atoms with Crippen LogP contribution in [0.2, 0.25) is 0 Å². The molecule has 0 aromatic heterocycles. The van der Waals surface area contributed by atoms with Crippen LogP contribution in [0.25, 0.3) is 0 Å². The van der Waals surface area contributed by atoms with Crippen LogP contribution in [-0.4, -0.2) is 11.7 Å². The third-order valence-corrected chi connectivity index (χ3v) is 7.10. The van der Waals surface area contributed by atoms with Crippen molar-refractivity contribution >= 4 is 0 Å². The highest BCUT2D eigenvalue weighted by molar-refractivity contribution is 5.43. The maximum atomic E-state index is 5.70. The molecule has 1 saturated heterocycles. The molecule has 0 spiro atoms. The molecule has 2 rings (SSSR count). The Balaban J connectivity index is 1.76. The van der Waals surface area contributed by atoms with Crippen molar-refractivity contribution in [3.05, 3.63) is 57.2 Å². The topological polar surface area (TPSA) is 12.5 Å². The smallest absolute Gasteiger partial charge is 0.0892 e. The number of hydrogen-bond acceptors (Lipinski definition) is 1. The predicted octanol–water partition coefficient (Wildman–Crippen LogP) is 9.57. The van der Waals surface area contributed by atoms with Crippen molar-refractivity contribution in [2.24, 2.45) is 0 Å². The molecule has 0 saturated carbocycles. The molecule has 2 aliphatic rings. The first kappa shape index (κ1) is 25.9. The second-order valence-electron chi connectivity index (χ2n) is 10.8. The van der Waals surface area contributed by atoms with Gasteiger partial charge in [-0.1, -0.05) is 46.1 Å². The van der Waals surface area contributed by atoms with Gasteiger partial charge in [0.15, 0.2) is 0 Å². The Morgan fingerprint density at radius 2 is 1.48 bits per heavy atom. The van der Waals surface area contributed by atoms with E-state index in [1.807, 2.05) is 0 Å². The summed E-state index contributed by atoms with van der Waals surface area (Å²) in [6.07, 6.45) is 19.8. The summed E-state index contributed by atoms with van der Waals surface area (Å²) in [4.78, 5) is 0. The molecule has 31 heavy (non-hydrogen) atoms. The van der Waals surface area contributed by atoms with Gasteiger partial charge in [0.2, 0.25) is 0 Å². The Morgan fingerprint density at radius 1 is 0.871 bits per heavy atom. The van der Waals surface area contributed by atoms with Gasteiger partial charge >= 0.3 is 0 Å². The lowest BCUT2D eigenvalue weighted by atomic mass is 9.95. The summed E-state index contributed by atoms with van der Waals surface area (Å²) in [5.41, 5.74) is 11.2. The van der Waals surface area contributed by atoms with E-state index in [4.69, 9.17) is 4.74 Å². The monoisotopic (exact) mass is 424 g/mol. The van der Waals surface area contributed by atoms with E-state index in [1.54, 1.807) is 22.3 Å². The first-order chi connectivity index (χ1) is 14.6. The fourth-order valence-corrected chi connectivity index (χ4v) is 4.75. The van der Waals surface area contributed by atoms with Crippen molar-refractivity contribution in [3.63, 3.8) is 0 Å². The summed E-state index contributed by atoms with van der Waals surface area (Å²) in [6, 6.07) is 0. The highest BCUT2D eigenvalue weighted by Gasteiger charge is 2.46. The molecule has 0 aromatic rings. The van der Waals surface area contributed by atoms with Gasteiger partial charge in [0.25, 0.3) is 0 Å². The molecule has 1 heteroatoms. The van der Waals surface area contributed by atoms with Crippen LogP contribution in [0, 0.1) is 0 Å². The highest BCUT2D eigenvalue weighted by Crippen LogP contribution is 2.39. The molecule has 0 amide bonds. The van der Waals surface area contributed by atoms with Gasteiger partial charge in [0.05, 0.1) is 11.7 Å². The fourth-order valence-electron chi connectivity index (χ4n) is 4.75. The molecule has 1 fully saturated rings. The molecule has 1 aliphatic carbocycles. The molecule has 1 aliphatic heterocycles. The molecule has 1 atom stereocenters. The molecular formula is C30H48O. The zero-order valence-electron chi connectivity index (χ0n) is 21.8. The van der Waals surface area contributed by atoms with Crippen molar-refractivity contribution in [2.75, 3.05) is 0 Å². The average Bonchev–Trinajstić information content (AvgIpc) is 3.13. The van der Waals surface area contributed by atoms with Gasteiger partial charge in [-0.15, -0.1) is 0 Å². The van der Waals surface area contributed by atoms with E-state index in [2.05, 4.69) is 73.6 Å². The number of allylic oxidation sites excluding steroid dienone is 10. The number of epoxide rings is 1. The zero-order valence-corrected chi connectivity index (χ0v) is 21.8. The Hall–Kier alpha value is -1.34. The second-order valence-corrected chi connectivity index (χ2v) is 10.8. The molecule has 0 aromatic carbocycles. The van der Waals surface area contributed by atoms with E-state index in [0.717, 1.165) is 0 Å². The minimum absolute atomic E-state index is 0.131. The minimum Gasteiger partial charge on any atom is -0.367 e. The fraction of sp³-hybridized carbons (Fsp3) is 0.667. The Morgan fingerprint density at radius 3 is 2.13 bits per heavy atom. The van der Waals surface area contributed by atoms with Crippen molar-refractivity contribution in [1.82, 2.24) is 0 Å². The first-order valence-electron chi connectivity index (χ1n) is 12.6. The maximum Gasteiger partial charge on any atom is 0.0892 e. The molecule has 0 bridgehead atoms. The van der Waals surface area contributed by atoms with Gasteiger partial charge in [-0.05, 0) is 131 Å². The molecule has 1 heterocycles. The van der Waals surface area contributed by atoms with Crippen LogP contribution in [0.3, 0.4) is 0 Å². The van der Waals surface area contributed by atoms with Crippen molar-refractivity contribution in [1.29, 1.82) is 0 Å². The molecule has 0 N–H and O–H groups in total. The van der Waals surface area contributed by atoms with Crippen molar-refractivity contribution in [3.8, 4) is 0 Å². The summed E-state index contributed by atoms with van der Waals surface area (Å²) in [6.45, 7) is 18.1. The lowest BCUT2D eigenvalue weighted by Gasteiger charge is -2.11. The van der Waals surface area contributed by atoms with Crippen LogP contribution >= 0.6 is 0 Å². The normalized spacial score (nSPS) is 22.8. The van der Waals surface area contributed by atoms with E-state index in [1.165, 1.54) is 80.9 Å². The van der Waals surface area contributed by atoms with Crippen LogP contribution in [0.5, 0.6) is 0 Å². The van der Waals surface area contributed by atoms with E-state index < -0.39 is 0 Å². The van der Waals surface area contributed by atoms with Gasteiger partial charge in [-0.2, -0.15) is 0 Å². The highest BCUT2D eigenvalue weighted by atomic mass is 16.6. The lowest BCUT2D eigenvalue weighted by molar-refractivity contribution is 0.320. The molecule has 174 valence electrons. The van der Waals surface area contributed by atoms with Crippen LogP contribution in [0.15, 0.2) is 57.2 Å². The quantitative estimate of drug-likeness (QED) is 0.224. The summed E-state index contributed by atoms with van der Waals surface area (Å²) < 4.78 is 5.70. The summed E-state index contributed by atoms with van der Waals surface area (Å²) in [5, 5.41) is 0. The van der Waals surface area contributed by atoms with Gasteiger partial charge in [-0.25, -0.2) is 0 Å². The number of hydrogen-bond donors (Lipinski definition) is 0. The SMILES string of the molecule is CC(C)=CCCC(C)=C1CCC(C)=C1CCC=C(C)CCC=C(C)CC[C@@H]1OC1(C)C. The van der Waals surface area contributed by atoms with Gasteiger partial charge in [0.1, 0.15) is 0 Å². The summed E-state index contributed by atoms with van der Waals surface area (Å²) in [7, 11) is 0. The lowest BCUT2D eigenvalue weighted by Crippen LogP contribution is -2.02. The zero-order chi connectivity index (χ0) is 23.0. The summed E-state index contributed by atoms with van der Waals surface area (Å²) in [5.74, 6) is 0. The van der Waals surface area contributed by atoms with Crippen molar-refractivity contribution in [2.45, 2.75) is 131 Å². The van der Waals surface area contributed by atoms with Crippen LogP contribution in [-0.2, 0) is 4.74 Å². The van der Waals surface area contributed by atoms with Gasteiger partial charge in [-0.3, -0.25) is 0 Å². The van der Waals surface area contributed by atoms with E-state index in [-0.39, 0.29) is 5.60 Å². The third kappa shape index (κ3) is 8.97. The van der Waals surface area contributed by atoms with E-state index in [9.17, 15) is 0 Å². The van der Waals surface area contributed by atoms with Crippen LogP contribution < -0.4 is 0 Å². The van der Waals surface area contributed by atoms with E-state index >= 15 is 0 Å². The van der Waals surface area contributed by atoms with E-state index in [0.29, 0.717) is 6.10 Å². The molecule has 1 nitrogen and oxygen atoms in total. The van der Waals surface area contributed by atoms with Crippen molar-refractivity contribution < 1.29 is 4.74 Å². The summed E-state index contributed by atoms with van der Waals surface area (Å²) >= 11 is 0. The molecular weight excluding hydrogens is 376 g/mol. The average molecular weight is 425 g/mol. The van der Waals surface area contributed by atoms with Gasteiger partial charge < -0.3 is 4.74 Å². The predicted molar refractivity (Wildman–Crippen MR) is 137 cm³/mol. The largest absolute Gasteiger partial charge is 0.367 e. The van der Waals surface area contributed by atoms with Crippen LogP contribution in [0.4, 0.5) is 0 Å². The number of rotatable bonds is 12. The Bertz CT molecular complexity index is 762. The minimum atomic E-state index is 0.131. The molecule has 0 unspecified atom stereocenters. The van der Waals surface area contributed by atoms with Gasteiger partial charge in [0, 0.05) is 0 Å². The molecule has 0 radical (unpaired) electrons. The Labute approximate surface area is 193 Å².